The SMILES string of the molecule is CCNC(c1cccs1)c1cc(C)nn1C. The summed E-state index contributed by atoms with van der Waals surface area (Å²) in [6, 6.07) is 6.66. The van der Waals surface area contributed by atoms with E-state index in [1.807, 2.05) is 18.7 Å². The van der Waals surface area contributed by atoms with E-state index < -0.39 is 0 Å². The van der Waals surface area contributed by atoms with Crippen molar-refractivity contribution in [2.45, 2.75) is 19.9 Å². The van der Waals surface area contributed by atoms with Gasteiger partial charge in [-0.25, -0.2) is 0 Å². The molecular formula is C12H17N3S. The van der Waals surface area contributed by atoms with Gasteiger partial charge in [-0.1, -0.05) is 13.0 Å². The van der Waals surface area contributed by atoms with Gasteiger partial charge in [-0.2, -0.15) is 5.10 Å². The largest absolute Gasteiger partial charge is 0.305 e. The zero-order valence-electron chi connectivity index (χ0n) is 9.90. The van der Waals surface area contributed by atoms with Crippen LogP contribution in [0.5, 0.6) is 0 Å². The highest BCUT2D eigenvalue weighted by Crippen LogP contribution is 2.25. The molecule has 2 heterocycles. The highest BCUT2D eigenvalue weighted by molar-refractivity contribution is 7.10. The Morgan fingerprint density at radius 2 is 2.38 bits per heavy atom. The fourth-order valence-electron chi connectivity index (χ4n) is 1.91. The first-order valence-corrected chi connectivity index (χ1v) is 6.37. The summed E-state index contributed by atoms with van der Waals surface area (Å²) < 4.78 is 1.96. The van der Waals surface area contributed by atoms with Crippen LogP contribution in [0.3, 0.4) is 0 Å². The zero-order chi connectivity index (χ0) is 11.5. The smallest absolute Gasteiger partial charge is 0.0841 e. The molecule has 1 N–H and O–H groups in total. The van der Waals surface area contributed by atoms with Gasteiger partial charge < -0.3 is 5.32 Å². The summed E-state index contributed by atoms with van der Waals surface area (Å²) in [5.41, 5.74) is 2.29. The molecule has 0 fully saturated rings. The summed E-state index contributed by atoms with van der Waals surface area (Å²) in [6.07, 6.45) is 0. The van der Waals surface area contributed by atoms with Gasteiger partial charge in [0, 0.05) is 11.9 Å². The summed E-state index contributed by atoms with van der Waals surface area (Å²) in [4.78, 5) is 1.34. The normalized spacial score (nSPS) is 12.9. The number of nitrogens with one attached hydrogen (secondary N) is 1. The molecule has 0 aliphatic rings. The molecule has 86 valence electrons. The van der Waals surface area contributed by atoms with Crippen LogP contribution in [0.4, 0.5) is 0 Å². The molecule has 0 aliphatic heterocycles. The first kappa shape index (κ1) is 11.4. The van der Waals surface area contributed by atoms with Gasteiger partial charge in [0.25, 0.3) is 0 Å². The predicted octanol–water partition coefficient (Wildman–Crippen LogP) is 2.49. The lowest BCUT2D eigenvalue weighted by Gasteiger charge is -2.16. The Morgan fingerprint density at radius 1 is 1.56 bits per heavy atom. The second kappa shape index (κ2) is 4.80. The highest BCUT2D eigenvalue weighted by atomic mass is 32.1. The summed E-state index contributed by atoms with van der Waals surface area (Å²) in [5, 5.41) is 10.0. The minimum atomic E-state index is 0.260. The molecule has 0 radical (unpaired) electrons. The fourth-order valence-corrected chi connectivity index (χ4v) is 2.72. The van der Waals surface area contributed by atoms with E-state index in [9.17, 15) is 0 Å². The Labute approximate surface area is 100 Å². The van der Waals surface area contributed by atoms with Crippen molar-refractivity contribution in [1.82, 2.24) is 15.1 Å². The number of rotatable bonds is 4. The maximum atomic E-state index is 4.41. The van der Waals surface area contributed by atoms with Crippen LogP contribution in [0.1, 0.15) is 29.2 Å². The molecule has 0 saturated heterocycles. The summed E-state index contributed by atoms with van der Waals surface area (Å²) in [5.74, 6) is 0. The predicted molar refractivity (Wildman–Crippen MR) is 67.8 cm³/mol. The monoisotopic (exact) mass is 235 g/mol. The highest BCUT2D eigenvalue weighted by Gasteiger charge is 2.17. The van der Waals surface area contributed by atoms with E-state index in [1.165, 1.54) is 10.6 Å². The van der Waals surface area contributed by atoms with Crippen LogP contribution in [0.15, 0.2) is 23.6 Å². The first-order valence-electron chi connectivity index (χ1n) is 5.49. The zero-order valence-corrected chi connectivity index (χ0v) is 10.7. The van der Waals surface area contributed by atoms with E-state index in [2.05, 4.69) is 40.9 Å². The van der Waals surface area contributed by atoms with Gasteiger partial charge >= 0.3 is 0 Å². The molecule has 16 heavy (non-hydrogen) atoms. The van der Waals surface area contributed by atoms with Gasteiger partial charge in [-0.3, -0.25) is 4.68 Å². The molecule has 2 aromatic heterocycles. The van der Waals surface area contributed by atoms with E-state index in [4.69, 9.17) is 0 Å². The van der Waals surface area contributed by atoms with E-state index in [0.29, 0.717) is 0 Å². The van der Waals surface area contributed by atoms with Gasteiger partial charge in [0.1, 0.15) is 0 Å². The molecule has 0 spiro atoms. The maximum Gasteiger partial charge on any atom is 0.0841 e. The average Bonchev–Trinajstić information content (AvgIpc) is 2.85. The summed E-state index contributed by atoms with van der Waals surface area (Å²) in [6.45, 7) is 5.11. The van der Waals surface area contributed by atoms with E-state index in [1.54, 1.807) is 11.3 Å². The van der Waals surface area contributed by atoms with Crippen LogP contribution in [-0.2, 0) is 7.05 Å². The molecule has 2 aromatic rings. The van der Waals surface area contributed by atoms with Crippen molar-refractivity contribution in [3.8, 4) is 0 Å². The minimum absolute atomic E-state index is 0.260. The third-order valence-corrected chi connectivity index (χ3v) is 3.51. The molecule has 2 rings (SSSR count). The van der Waals surface area contributed by atoms with Gasteiger partial charge in [0.15, 0.2) is 0 Å². The lowest BCUT2D eigenvalue weighted by atomic mass is 10.1. The Balaban J connectivity index is 2.36. The molecule has 3 nitrogen and oxygen atoms in total. The van der Waals surface area contributed by atoms with Crippen molar-refractivity contribution in [3.05, 3.63) is 39.8 Å². The molecule has 0 bridgehead atoms. The summed E-state index contributed by atoms with van der Waals surface area (Å²) >= 11 is 1.78. The topological polar surface area (TPSA) is 29.9 Å². The Hall–Kier alpha value is -1.13. The van der Waals surface area contributed by atoms with Crippen molar-refractivity contribution in [2.24, 2.45) is 7.05 Å². The molecule has 0 aromatic carbocycles. The average molecular weight is 235 g/mol. The van der Waals surface area contributed by atoms with E-state index in [-0.39, 0.29) is 6.04 Å². The second-order valence-electron chi connectivity index (χ2n) is 3.84. The number of aromatic nitrogens is 2. The van der Waals surface area contributed by atoms with Crippen LogP contribution < -0.4 is 5.32 Å². The molecule has 0 aliphatic carbocycles. The third kappa shape index (κ3) is 2.18. The number of hydrogen-bond acceptors (Lipinski definition) is 3. The van der Waals surface area contributed by atoms with Crippen LogP contribution in [0, 0.1) is 6.92 Å². The standard InChI is InChI=1S/C12H17N3S/c1-4-13-12(11-6-5-7-16-11)10-8-9(2)14-15(10)3/h5-8,12-13H,4H2,1-3H3. The third-order valence-electron chi connectivity index (χ3n) is 2.57. The van der Waals surface area contributed by atoms with Crippen molar-refractivity contribution in [3.63, 3.8) is 0 Å². The minimum Gasteiger partial charge on any atom is -0.305 e. The molecule has 1 unspecified atom stereocenters. The molecule has 0 amide bonds. The van der Waals surface area contributed by atoms with Crippen molar-refractivity contribution < 1.29 is 0 Å². The van der Waals surface area contributed by atoms with E-state index >= 15 is 0 Å². The fraction of sp³-hybridized carbons (Fsp3) is 0.417. The number of aryl methyl sites for hydroxylation is 2. The number of thiophene rings is 1. The quantitative estimate of drug-likeness (QED) is 0.882. The molecular weight excluding hydrogens is 218 g/mol. The van der Waals surface area contributed by atoms with Gasteiger partial charge in [-0.15, -0.1) is 11.3 Å². The maximum absolute atomic E-state index is 4.41. The molecule has 4 heteroatoms. The van der Waals surface area contributed by atoms with Gasteiger partial charge in [0.05, 0.1) is 17.4 Å². The first-order chi connectivity index (χ1) is 7.72. The van der Waals surface area contributed by atoms with E-state index in [0.717, 1.165) is 12.2 Å². The van der Waals surface area contributed by atoms with Gasteiger partial charge in [-0.05, 0) is 31.0 Å². The molecule has 1 atom stereocenters. The Bertz CT molecular complexity index is 445. The van der Waals surface area contributed by atoms with Crippen LogP contribution in [0.2, 0.25) is 0 Å². The lowest BCUT2D eigenvalue weighted by molar-refractivity contribution is 0.578. The number of nitrogens with zero attached hydrogens (tertiary/aromatic N) is 2. The van der Waals surface area contributed by atoms with Crippen molar-refractivity contribution >= 4 is 11.3 Å². The van der Waals surface area contributed by atoms with Crippen LogP contribution >= 0.6 is 11.3 Å². The van der Waals surface area contributed by atoms with Crippen molar-refractivity contribution in [1.29, 1.82) is 0 Å². The van der Waals surface area contributed by atoms with Gasteiger partial charge in [0.2, 0.25) is 0 Å². The molecule has 0 saturated carbocycles. The van der Waals surface area contributed by atoms with Crippen LogP contribution in [0.25, 0.3) is 0 Å². The Kier molecular flexibility index (Phi) is 3.41. The van der Waals surface area contributed by atoms with Crippen molar-refractivity contribution in [2.75, 3.05) is 6.54 Å². The summed E-state index contributed by atoms with van der Waals surface area (Å²) in [7, 11) is 2.00. The number of hydrogen-bond donors (Lipinski definition) is 1. The Morgan fingerprint density at radius 3 is 2.88 bits per heavy atom. The second-order valence-corrected chi connectivity index (χ2v) is 4.82. The van der Waals surface area contributed by atoms with Crippen LogP contribution in [-0.4, -0.2) is 16.3 Å². The lowest BCUT2D eigenvalue weighted by Crippen LogP contribution is -2.23.